The van der Waals surface area contributed by atoms with Crippen LogP contribution in [0.3, 0.4) is 0 Å². The van der Waals surface area contributed by atoms with E-state index in [2.05, 4.69) is 9.97 Å². The maximum Gasteiger partial charge on any atom is 0.319 e. The van der Waals surface area contributed by atoms with Crippen molar-refractivity contribution in [3.63, 3.8) is 0 Å². The Morgan fingerprint density at radius 1 is 1.25 bits per heavy atom. The predicted octanol–water partition coefficient (Wildman–Crippen LogP) is 2.83. The van der Waals surface area contributed by atoms with Crippen LogP contribution in [0, 0.1) is 5.92 Å². The summed E-state index contributed by atoms with van der Waals surface area (Å²) in [5.41, 5.74) is 0. The fraction of sp³-hybridized carbons (Fsp3) is 0.722. The van der Waals surface area contributed by atoms with Crippen LogP contribution >= 0.6 is 0 Å². The highest BCUT2D eigenvalue weighted by Gasteiger charge is 2.27. The molecule has 6 heteroatoms. The average molecular weight is 333 g/mol. The second-order valence-electron chi connectivity index (χ2n) is 6.81. The summed E-state index contributed by atoms with van der Waals surface area (Å²) in [4.78, 5) is 22.7. The fourth-order valence-corrected chi connectivity index (χ4v) is 3.69. The standard InChI is InChI=1S/C18H27N3O3/c1-23-18-19-10-9-16(20-18)24-15-8-5-11-21(13-15)17(22)12-14-6-3-2-4-7-14/h9-10,14-15H,2-8,11-13H2,1H3. The molecule has 132 valence electrons. The summed E-state index contributed by atoms with van der Waals surface area (Å²) >= 11 is 0. The van der Waals surface area contributed by atoms with Crippen molar-refractivity contribution in [3.8, 4) is 11.9 Å². The van der Waals surface area contributed by atoms with E-state index in [0.717, 1.165) is 19.4 Å². The van der Waals surface area contributed by atoms with Crippen LogP contribution in [-0.4, -0.2) is 47.1 Å². The van der Waals surface area contributed by atoms with Crippen molar-refractivity contribution in [2.24, 2.45) is 5.92 Å². The topological polar surface area (TPSA) is 64.6 Å². The number of carbonyl (C=O) groups excluding carboxylic acids is 1. The third kappa shape index (κ3) is 4.58. The van der Waals surface area contributed by atoms with Gasteiger partial charge in [0.1, 0.15) is 6.10 Å². The van der Waals surface area contributed by atoms with Gasteiger partial charge < -0.3 is 14.4 Å². The smallest absolute Gasteiger partial charge is 0.319 e. The fourth-order valence-electron chi connectivity index (χ4n) is 3.69. The van der Waals surface area contributed by atoms with Crippen LogP contribution in [0.2, 0.25) is 0 Å². The summed E-state index contributed by atoms with van der Waals surface area (Å²) in [5.74, 6) is 1.38. The summed E-state index contributed by atoms with van der Waals surface area (Å²) in [6.07, 6.45) is 10.5. The van der Waals surface area contributed by atoms with Gasteiger partial charge in [0.15, 0.2) is 0 Å². The first-order valence-electron chi connectivity index (χ1n) is 9.06. The lowest BCUT2D eigenvalue weighted by Crippen LogP contribution is -2.45. The van der Waals surface area contributed by atoms with Crippen LogP contribution in [0.5, 0.6) is 11.9 Å². The van der Waals surface area contributed by atoms with Crippen molar-refractivity contribution in [2.75, 3.05) is 20.2 Å². The molecule has 24 heavy (non-hydrogen) atoms. The molecule has 1 unspecified atom stereocenters. The van der Waals surface area contributed by atoms with Crippen LogP contribution in [0.4, 0.5) is 0 Å². The number of ether oxygens (including phenoxy) is 2. The lowest BCUT2D eigenvalue weighted by Gasteiger charge is -2.34. The van der Waals surface area contributed by atoms with E-state index in [1.165, 1.54) is 39.2 Å². The molecule has 1 aromatic heterocycles. The van der Waals surface area contributed by atoms with Gasteiger partial charge in [0.2, 0.25) is 11.8 Å². The highest BCUT2D eigenvalue weighted by Crippen LogP contribution is 2.27. The first kappa shape index (κ1) is 17.0. The number of nitrogens with zero attached hydrogens (tertiary/aromatic N) is 3. The third-order valence-corrected chi connectivity index (χ3v) is 5.00. The van der Waals surface area contributed by atoms with Gasteiger partial charge in [-0.25, -0.2) is 4.98 Å². The van der Waals surface area contributed by atoms with Crippen molar-refractivity contribution in [1.29, 1.82) is 0 Å². The van der Waals surface area contributed by atoms with E-state index < -0.39 is 0 Å². The van der Waals surface area contributed by atoms with Gasteiger partial charge in [0.05, 0.1) is 13.7 Å². The van der Waals surface area contributed by atoms with Gasteiger partial charge >= 0.3 is 6.01 Å². The number of likely N-dealkylation sites (tertiary alicyclic amines) is 1. The predicted molar refractivity (Wildman–Crippen MR) is 90.0 cm³/mol. The van der Waals surface area contributed by atoms with Gasteiger partial charge in [-0.3, -0.25) is 4.79 Å². The molecule has 0 spiro atoms. The Kier molecular flexibility index (Phi) is 5.88. The van der Waals surface area contributed by atoms with Gasteiger partial charge in [0.25, 0.3) is 0 Å². The minimum Gasteiger partial charge on any atom is -0.472 e. The Labute approximate surface area is 143 Å². The normalized spacial score (nSPS) is 22.2. The second kappa shape index (κ2) is 8.31. The van der Waals surface area contributed by atoms with E-state index in [1.807, 2.05) is 4.90 Å². The van der Waals surface area contributed by atoms with E-state index in [-0.39, 0.29) is 12.0 Å². The van der Waals surface area contributed by atoms with Crippen LogP contribution in [0.25, 0.3) is 0 Å². The summed E-state index contributed by atoms with van der Waals surface area (Å²) in [5, 5.41) is 0. The zero-order valence-corrected chi connectivity index (χ0v) is 14.4. The molecule has 1 atom stereocenters. The van der Waals surface area contributed by atoms with E-state index >= 15 is 0 Å². The molecule has 0 N–H and O–H groups in total. The number of aromatic nitrogens is 2. The summed E-state index contributed by atoms with van der Waals surface area (Å²) < 4.78 is 11.0. The lowest BCUT2D eigenvalue weighted by molar-refractivity contribution is -0.135. The number of amides is 1. The molecule has 2 heterocycles. The van der Waals surface area contributed by atoms with E-state index in [0.29, 0.717) is 30.8 Å². The number of hydrogen-bond acceptors (Lipinski definition) is 5. The van der Waals surface area contributed by atoms with Crippen molar-refractivity contribution < 1.29 is 14.3 Å². The van der Waals surface area contributed by atoms with Crippen molar-refractivity contribution in [1.82, 2.24) is 14.9 Å². The molecule has 1 aliphatic heterocycles. The van der Waals surface area contributed by atoms with Crippen LogP contribution in [0.15, 0.2) is 12.3 Å². The summed E-state index contributed by atoms with van der Waals surface area (Å²) in [6, 6.07) is 2.03. The van der Waals surface area contributed by atoms with Crippen LogP contribution < -0.4 is 9.47 Å². The molecule has 2 aliphatic rings. The van der Waals surface area contributed by atoms with Gasteiger partial charge in [-0.2, -0.15) is 4.98 Å². The molecule has 0 radical (unpaired) electrons. The minimum atomic E-state index is -0.00587. The van der Waals surface area contributed by atoms with Gasteiger partial charge in [-0.05, 0) is 31.6 Å². The number of piperidine rings is 1. The van der Waals surface area contributed by atoms with Crippen LogP contribution in [-0.2, 0) is 4.79 Å². The first-order chi connectivity index (χ1) is 11.7. The van der Waals surface area contributed by atoms with E-state index in [9.17, 15) is 4.79 Å². The Bertz CT molecular complexity index is 546. The maximum atomic E-state index is 12.6. The second-order valence-corrected chi connectivity index (χ2v) is 6.81. The molecule has 6 nitrogen and oxygen atoms in total. The summed E-state index contributed by atoms with van der Waals surface area (Å²) in [7, 11) is 1.53. The minimum absolute atomic E-state index is 0.00587. The zero-order chi connectivity index (χ0) is 16.8. The van der Waals surface area contributed by atoms with Crippen molar-refractivity contribution >= 4 is 5.91 Å². The highest BCUT2D eigenvalue weighted by atomic mass is 16.5. The quantitative estimate of drug-likeness (QED) is 0.829. The molecule has 0 bridgehead atoms. The molecule has 3 rings (SSSR count). The number of methoxy groups -OCH3 is 1. The van der Waals surface area contributed by atoms with Gasteiger partial charge in [-0.1, -0.05) is 19.3 Å². The molecule has 0 aromatic carbocycles. The Hall–Kier alpha value is -1.85. The highest BCUT2D eigenvalue weighted by molar-refractivity contribution is 5.76. The molecule has 1 aliphatic carbocycles. The third-order valence-electron chi connectivity index (χ3n) is 5.00. The van der Waals surface area contributed by atoms with E-state index in [1.54, 1.807) is 12.3 Å². The maximum absolute atomic E-state index is 12.6. The number of hydrogen-bond donors (Lipinski definition) is 0. The first-order valence-corrected chi connectivity index (χ1v) is 9.06. The molecular weight excluding hydrogens is 306 g/mol. The molecule has 2 fully saturated rings. The molecule has 1 aromatic rings. The molecular formula is C18H27N3O3. The molecule has 1 amide bonds. The number of carbonyl (C=O) groups is 1. The monoisotopic (exact) mass is 333 g/mol. The Balaban J connectivity index is 1.52. The molecule has 1 saturated heterocycles. The number of rotatable bonds is 5. The van der Waals surface area contributed by atoms with E-state index in [4.69, 9.17) is 9.47 Å². The Morgan fingerprint density at radius 3 is 2.88 bits per heavy atom. The summed E-state index contributed by atoms with van der Waals surface area (Å²) in [6.45, 7) is 1.50. The molecule has 1 saturated carbocycles. The van der Waals surface area contributed by atoms with Crippen LogP contribution in [0.1, 0.15) is 51.4 Å². The van der Waals surface area contributed by atoms with Crippen molar-refractivity contribution in [3.05, 3.63) is 12.3 Å². The van der Waals surface area contributed by atoms with Gasteiger partial charge in [0, 0.05) is 25.2 Å². The zero-order valence-electron chi connectivity index (χ0n) is 14.4. The average Bonchev–Trinajstić information content (AvgIpc) is 2.63. The largest absolute Gasteiger partial charge is 0.472 e. The SMILES string of the molecule is COc1nccc(OC2CCCN(C(=O)CC3CCCCC3)C2)n1. The lowest BCUT2D eigenvalue weighted by atomic mass is 9.86. The Morgan fingerprint density at radius 2 is 2.08 bits per heavy atom. The van der Waals surface area contributed by atoms with Gasteiger partial charge in [-0.15, -0.1) is 0 Å². The van der Waals surface area contributed by atoms with Crippen molar-refractivity contribution in [2.45, 2.75) is 57.5 Å².